The molecule has 2 heterocycles. The molecule has 0 fully saturated rings. The second-order valence-corrected chi connectivity index (χ2v) is 4.38. The number of aliphatic carboxylic acids is 1. The molecule has 1 aromatic carbocycles. The van der Waals surface area contributed by atoms with E-state index in [0.717, 1.165) is 5.56 Å². The molecule has 6 heteroatoms. The number of aromatic nitrogens is 1. The van der Waals surface area contributed by atoms with E-state index in [9.17, 15) is 9.59 Å². The van der Waals surface area contributed by atoms with Crippen molar-refractivity contribution in [3.8, 4) is 0 Å². The van der Waals surface area contributed by atoms with Crippen LogP contribution in [0.1, 0.15) is 15.9 Å². The first-order valence-electron chi connectivity index (χ1n) is 5.83. The van der Waals surface area contributed by atoms with Gasteiger partial charge in [-0.05, 0) is 23.8 Å². The van der Waals surface area contributed by atoms with Crippen LogP contribution in [-0.2, 0) is 4.79 Å². The molecule has 0 radical (unpaired) electrons. The van der Waals surface area contributed by atoms with Gasteiger partial charge in [0, 0.05) is 29.0 Å². The molecule has 0 saturated carbocycles. The van der Waals surface area contributed by atoms with Crippen LogP contribution in [0.25, 0.3) is 17.0 Å². The lowest BCUT2D eigenvalue weighted by Crippen LogP contribution is -1.99. The van der Waals surface area contributed by atoms with Crippen molar-refractivity contribution in [1.29, 1.82) is 0 Å². The lowest BCUT2D eigenvalue weighted by atomic mass is 10.1. The summed E-state index contributed by atoms with van der Waals surface area (Å²) >= 11 is 0. The summed E-state index contributed by atoms with van der Waals surface area (Å²) in [5.41, 5.74) is 2.43. The van der Waals surface area contributed by atoms with Crippen molar-refractivity contribution in [3.05, 3.63) is 47.3 Å². The number of aromatic amines is 1. The minimum atomic E-state index is -1.03. The van der Waals surface area contributed by atoms with Gasteiger partial charge in [-0.15, -0.1) is 0 Å². The molecule has 0 unspecified atom stereocenters. The highest BCUT2D eigenvalue weighted by Gasteiger charge is 2.14. The Morgan fingerprint density at radius 2 is 1.85 bits per heavy atom. The van der Waals surface area contributed by atoms with Gasteiger partial charge in [0.2, 0.25) is 0 Å². The second kappa shape index (κ2) is 4.27. The highest BCUT2D eigenvalue weighted by Crippen LogP contribution is 2.29. The first kappa shape index (κ1) is 12.0. The fraction of sp³-hybridized carbons (Fsp3) is 0. The van der Waals surface area contributed by atoms with Crippen molar-refractivity contribution in [2.24, 2.45) is 0 Å². The SMILES string of the molecule is O=C(O)C1=CNc2cc3[nH]cc(C(=O)O)c3cc2C=C1. The molecule has 0 aliphatic carbocycles. The number of carboxylic acids is 2. The number of rotatable bonds is 2. The Morgan fingerprint density at radius 1 is 1.05 bits per heavy atom. The number of anilines is 1. The number of benzene rings is 1. The zero-order valence-electron chi connectivity index (χ0n) is 10.2. The summed E-state index contributed by atoms with van der Waals surface area (Å²) in [5.74, 6) is -2.04. The number of nitrogens with one attached hydrogen (secondary N) is 2. The molecule has 0 amide bonds. The van der Waals surface area contributed by atoms with Crippen molar-refractivity contribution in [1.82, 2.24) is 4.98 Å². The molecule has 1 aliphatic rings. The average molecular weight is 270 g/mol. The van der Waals surface area contributed by atoms with E-state index in [2.05, 4.69) is 10.3 Å². The lowest BCUT2D eigenvalue weighted by Gasteiger charge is -2.05. The van der Waals surface area contributed by atoms with Crippen LogP contribution in [-0.4, -0.2) is 27.1 Å². The Hall–Kier alpha value is -3.02. The zero-order chi connectivity index (χ0) is 14.3. The Kier molecular flexibility index (Phi) is 2.57. The third-order valence-corrected chi connectivity index (χ3v) is 3.15. The summed E-state index contributed by atoms with van der Waals surface area (Å²) in [6.45, 7) is 0. The first-order chi connectivity index (χ1) is 9.56. The maximum atomic E-state index is 11.1. The maximum absolute atomic E-state index is 11.1. The Balaban J connectivity index is 2.16. The Bertz CT molecular complexity index is 799. The molecule has 0 bridgehead atoms. The van der Waals surface area contributed by atoms with Gasteiger partial charge in [0.25, 0.3) is 0 Å². The van der Waals surface area contributed by atoms with Crippen molar-refractivity contribution < 1.29 is 19.8 Å². The number of hydrogen-bond acceptors (Lipinski definition) is 3. The molecule has 4 N–H and O–H groups in total. The van der Waals surface area contributed by atoms with Gasteiger partial charge in [-0.25, -0.2) is 9.59 Å². The predicted molar refractivity (Wildman–Crippen MR) is 73.6 cm³/mol. The summed E-state index contributed by atoms with van der Waals surface area (Å²) in [5, 5.41) is 21.6. The molecular weight excluding hydrogens is 260 g/mol. The highest BCUT2D eigenvalue weighted by atomic mass is 16.4. The molecule has 0 atom stereocenters. The zero-order valence-corrected chi connectivity index (χ0v) is 10.2. The maximum Gasteiger partial charge on any atom is 0.337 e. The van der Waals surface area contributed by atoms with Crippen LogP contribution in [0.15, 0.2) is 36.2 Å². The Morgan fingerprint density at radius 3 is 2.55 bits per heavy atom. The summed E-state index contributed by atoms with van der Waals surface area (Å²) in [6, 6.07) is 3.47. The van der Waals surface area contributed by atoms with Crippen LogP contribution in [0.5, 0.6) is 0 Å². The molecule has 3 rings (SSSR count). The standard InChI is InChI=1S/C14H10N2O4/c17-13(18)8-2-1-7-3-9-10(14(19)20)6-16-12(9)4-11(7)15-5-8/h1-6,15-16H,(H,17,18)(H,19,20). The molecule has 100 valence electrons. The average Bonchev–Trinajstić information content (AvgIpc) is 2.68. The van der Waals surface area contributed by atoms with Gasteiger partial charge in [-0.2, -0.15) is 0 Å². The van der Waals surface area contributed by atoms with Gasteiger partial charge in [0.15, 0.2) is 0 Å². The van der Waals surface area contributed by atoms with E-state index >= 15 is 0 Å². The van der Waals surface area contributed by atoms with Crippen LogP contribution in [0.3, 0.4) is 0 Å². The molecule has 1 aliphatic heterocycles. The molecule has 20 heavy (non-hydrogen) atoms. The summed E-state index contributed by atoms with van der Waals surface area (Å²) in [4.78, 5) is 24.9. The van der Waals surface area contributed by atoms with Crippen LogP contribution in [0, 0.1) is 0 Å². The number of hydrogen-bond donors (Lipinski definition) is 4. The number of carboxylic acid groups (broad SMARTS) is 2. The van der Waals surface area contributed by atoms with Gasteiger partial charge in [0.1, 0.15) is 0 Å². The van der Waals surface area contributed by atoms with Gasteiger partial charge >= 0.3 is 11.9 Å². The smallest absolute Gasteiger partial charge is 0.337 e. The fourth-order valence-corrected chi connectivity index (χ4v) is 2.14. The number of fused-ring (bicyclic) bond motifs is 2. The van der Waals surface area contributed by atoms with E-state index in [1.54, 1.807) is 18.2 Å². The highest BCUT2D eigenvalue weighted by molar-refractivity contribution is 6.05. The molecule has 1 aromatic heterocycles. The molecular formula is C14H10N2O4. The van der Waals surface area contributed by atoms with E-state index in [4.69, 9.17) is 10.2 Å². The van der Waals surface area contributed by atoms with E-state index < -0.39 is 11.9 Å². The van der Waals surface area contributed by atoms with E-state index in [1.807, 2.05) is 0 Å². The van der Waals surface area contributed by atoms with Crippen LogP contribution >= 0.6 is 0 Å². The summed E-state index contributed by atoms with van der Waals surface area (Å²) in [7, 11) is 0. The minimum Gasteiger partial charge on any atom is -0.478 e. The van der Waals surface area contributed by atoms with Crippen molar-refractivity contribution in [3.63, 3.8) is 0 Å². The third-order valence-electron chi connectivity index (χ3n) is 3.15. The van der Waals surface area contributed by atoms with Crippen LogP contribution in [0.4, 0.5) is 5.69 Å². The van der Waals surface area contributed by atoms with E-state index in [1.165, 1.54) is 18.5 Å². The summed E-state index contributed by atoms with van der Waals surface area (Å²) in [6.07, 6.45) is 5.96. The monoisotopic (exact) mass is 270 g/mol. The lowest BCUT2D eigenvalue weighted by molar-refractivity contribution is -0.132. The van der Waals surface area contributed by atoms with Gasteiger partial charge in [0.05, 0.1) is 11.1 Å². The topological polar surface area (TPSA) is 102 Å². The number of aromatic carboxylic acids is 1. The van der Waals surface area contributed by atoms with Crippen molar-refractivity contribution >= 4 is 34.6 Å². The molecule has 2 aromatic rings. The fourth-order valence-electron chi connectivity index (χ4n) is 2.14. The molecule has 0 spiro atoms. The van der Waals surface area contributed by atoms with Crippen molar-refractivity contribution in [2.45, 2.75) is 0 Å². The quantitative estimate of drug-likeness (QED) is 0.670. The molecule has 6 nitrogen and oxygen atoms in total. The van der Waals surface area contributed by atoms with Gasteiger partial charge in [-0.3, -0.25) is 0 Å². The van der Waals surface area contributed by atoms with Crippen LogP contribution < -0.4 is 5.32 Å². The van der Waals surface area contributed by atoms with Crippen LogP contribution in [0.2, 0.25) is 0 Å². The largest absolute Gasteiger partial charge is 0.478 e. The second-order valence-electron chi connectivity index (χ2n) is 4.38. The normalized spacial score (nSPS) is 13.3. The first-order valence-corrected chi connectivity index (χ1v) is 5.83. The third kappa shape index (κ3) is 1.83. The summed E-state index contributed by atoms with van der Waals surface area (Å²) < 4.78 is 0. The van der Waals surface area contributed by atoms with Gasteiger partial charge < -0.3 is 20.5 Å². The van der Waals surface area contributed by atoms with Gasteiger partial charge in [-0.1, -0.05) is 6.08 Å². The predicted octanol–water partition coefficient (Wildman–Crippen LogP) is 2.27. The van der Waals surface area contributed by atoms with Crippen molar-refractivity contribution in [2.75, 3.05) is 5.32 Å². The number of carbonyl (C=O) groups is 2. The van der Waals surface area contributed by atoms with E-state index in [0.29, 0.717) is 16.6 Å². The Labute approximate surface area is 113 Å². The molecule has 0 saturated heterocycles. The minimum absolute atomic E-state index is 0.128. The number of H-pyrrole nitrogens is 1. The van der Waals surface area contributed by atoms with E-state index in [-0.39, 0.29) is 11.1 Å².